The molecular weight excluding hydrogens is 262 g/mol. The second-order valence-corrected chi connectivity index (χ2v) is 7.05. The van der Waals surface area contributed by atoms with E-state index in [1.165, 1.54) is 25.7 Å². The molecule has 1 unspecified atom stereocenters. The van der Waals surface area contributed by atoms with Crippen molar-refractivity contribution in [3.63, 3.8) is 0 Å². The Morgan fingerprint density at radius 2 is 2.10 bits per heavy atom. The molecule has 1 atom stereocenters. The number of hydrogen-bond donors (Lipinski definition) is 2. The summed E-state index contributed by atoms with van der Waals surface area (Å²) in [4.78, 5) is 0. The van der Waals surface area contributed by atoms with Crippen LogP contribution in [0.1, 0.15) is 77.0 Å². The van der Waals surface area contributed by atoms with Gasteiger partial charge >= 0.3 is 0 Å². The average Bonchev–Trinajstić information content (AvgIpc) is 2.98. The first-order valence-electron chi connectivity index (χ1n) is 8.44. The van der Waals surface area contributed by atoms with E-state index in [0.717, 1.165) is 24.3 Å². The van der Waals surface area contributed by atoms with E-state index in [1.54, 1.807) is 6.20 Å². The normalized spacial score (nSPS) is 28.0. The zero-order valence-corrected chi connectivity index (χ0v) is 13.8. The van der Waals surface area contributed by atoms with E-state index in [1.807, 2.05) is 10.9 Å². The number of hydrogen-bond acceptors (Lipinski definition) is 3. The number of nitrogens with zero attached hydrogens (tertiary/aromatic N) is 2. The van der Waals surface area contributed by atoms with Gasteiger partial charge in [0.05, 0.1) is 12.3 Å². The van der Waals surface area contributed by atoms with Gasteiger partial charge in [0, 0.05) is 29.8 Å². The number of aliphatic hydroxyl groups excluding tert-OH is 1. The number of aromatic nitrogens is 2. The van der Waals surface area contributed by atoms with Crippen LogP contribution in [0, 0.1) is 11.3 Å². The molecule has 1 aromatic rings. The Morgan fingerprint density at radius 1 is 1.43 bits per heavy atom. The quantitative estimate of drug-likeness (QED) is 0.844. The standard InChI is InChI=1S/C17H31N3O/c1-4-5-14-6-8-17(12-18,9-7-14)16(21)15-10-19-20(11-15)13(2)3/h10-11,13-14,16,21H,4-9,12,18H2,1-3H3. The van der Waals surface area contributed by atoms with Crippen molar-refractivity contribution >= 4 is 0 Å². The predicted molar refractivity (Wildman–Crippen MR) is 85.9 cm³/mol. The third-order valence-corrected chi connectivity index (χ3v) is 5.25. The lowest BCUT2D eigenvalue weighted by Gasteiger charge is -2.42. The Balaban J connectivity index is 2.09. The van der Waals surface area contributed by atoms with Gasteiger partial charge in [-0.05, 0) is 45.4 Å². The molecule has 0 saturated heterocycles. The Labute approximate surface area is 128 Å². The summed E-state index contributed by atoms with van der Waals surface area (Å²) in [5.74, 6) is 0.820. The van der Waals surface area contributed by atoms with E-state index in [4.69, 9.17) is 5.73 Å². The highest BCUT2D eigenvalue weighted by atomic mass is 16.3. The average molecular weight is 293 g/mol. The summed E-state index contributed by atoms with van der Waals surface area (Å²) in [5, 5.41) is 15.2. The summed E-state index contributed by atoms with van der Waals surface area (Å²) in [7, 11) is 0. The van der Waals surface area contributed by atoms with Crippen molar-refractivity contribution in [3.05, 3.63) is 18.0 Å². The van der Waals surface area contributed by atoms with E-state index < -0.39 is 6.10 Å². The summed E-state index contributed by atoms with van der Waals surface area (Å²) < 4.78 is 1.91. The fourth-order valence-corrected chi connectivity index (χ4v) is 3.67. The Hall–Kier alpha value is -0.870. The molecule has 1 aliphatic carbocycles. The van der Waals surface area contributed by atoms with Crippen molar-refractivity contribution in [2.45, 2.75) is 71.4 Å². The molecule has 1 aliphatic rings. The highest BCUT2D eigenvalue weighted by Gasteiger charge is 2.41. The third kappa shape index (κ3) is 3.49. The summed E-state index contributed by atoms with van der Waals surface area (Å²) in [5.41, 5.74) is 6.84. The second kappa shape index (κ2) is 6.93. The van der Waals surface area contributed by atoms with Crippen molar-refractivity contribution in [1.29, 1.82) is 0 Å². The zero-order chi connectivity index (χ0) is 15.5. The molecule has 0 spiro atoms. The number of aliphatic hydroxyl groups is 1. The summed E-state index contributed by atoms with van der Waals surface area (Å²) in [6, 6.07) is 0.320. The molecule has 1 heterocycles. The Bertz CT molecular complexity index is 433. The molecule has 0 bridgehead atoms. The van der Waals surface area contributed by atoms with Gasteiger partial charge in [-0.1, -0.05) is 19.8 Å². The fourth-order valence-electron chi connectivity index (χ4n) is 3.67. The minimum Gasteiger partial charge on any atom is -0.388 e. The van der Waals surface area contributed by atoms with Crippen LogP contribution in [0.25, 0.3) is 0 Å². The summed E-state index contributed by atoms with van der Waals surface area (Å²) in [6.07, 6.45) is 10.3. The molecule has 0 radical (unpaired) electrons. The van der Waals surface area contributed by atoms with Gasteiger partial charge in [-0.15, -0.1) is 0 Å². The van der Waals surface area contributed by atoms with Crippen LogP contribution in [0.3, 0.4) is 0 Å². The van der Waals surface area contributed by atoms with Crippen molar-refractivity contribution in [2.75, 3.05) is 6.54 Å². The van der Waals surface area contributed by atoms with Crippen molar-refractivity contribution in [2.24, 2.45) is 17.1 Å². The number of rotatable bonds is 6. The van der Waals surface area contributed by atoms with E-state index >= 15 is 0 Å². The second-order valence-electron chi connectivity index (χ2n) is 7.05. The third-order valence-electron chi connectivity index (χ3n) is 5.25. The zero-order valence-electron chi connectivity index (χ0n) is 13.8. The highest BCUT2D eigenvalue weighted by molar-refractivity contribution is 5.13. The molecule has 1 fully saturated rings. The largest absolute Gasteiger partial charge is 0.388 e. The van der Waals surface area contributed by atoms with Gasteiger partial charge in [-0.25, -0.2) is 0 Å². The number of nitrogens with two attached hydrogens (primary N) is 1. The Kier molecular flexibility index (Phi) is 5.44. The predicted octanol–water partition coefficient (Wildman–Crippen LogP) is 3.43. The molecule has 4 nitrogen and oxygen atoms in total. The summed E-state index contributed by atoms with van der Waals surface area (Å²) >= 11 is 0. The molecule has 120 valence electrons. The molecule has 1 saturated carbocycles. The van der Waals surface area contributed by atoms with Crippen molar-refractivity contribution in [1.82, 2.24) is 9.78 Å². The van der Waals surface area contributed by atoms with Crippen LogP contribution in [-0.2, 0) is 0 Å². The van der Waals surface area contributed by atoms with Crippen LogP contribution >= 0.6 is 0 Å². The van der Waals surface area contributed by atoms with Crippen LogP contribution in [0.5, 0.6) is 0 Å². The van der Waals surface area contributed by atoms with Crippen LogP contribution in [0.2, 0.25) is 0 Å². The monoisotopic (exact) mass is 293 g/mol. The molecular formula is C17H31N3O. The maximum Gasteiger partial charge on any atom is 0.0888 e. The minimum atomic E-state index is -0.488. The van der Waals surface area contributed by atoms with Crippen molar-refractivity contribution < 1.29 is 5.11 Å². The molecule has 0 amide bonds. The van der Waals surface area contributed by atoms with Gasteiger partial charge in [0.2, 0.25) is 0 Å². The molecule has 1 aromatic heterocycles. The van der Waals surface area contributed by atoms with Crippen LogP contribution in [0.15, 0.2) is 12.4 Å². The first-order valence-corrected chi connectivity index (χ1v) is 8.44. The lowest BCUT2D eigenvalue weighted by Crippen LogP contribution is -2.40. The van der Waals surface area contributed by atoms with E-state index in [0.29, 0.717) is 12.6 Å². The fraction of sp³-hybridized carbons (Fsp3) is 0.824. The molecule has 3 N–H and O–H groups in total. The van der Waals surface area contributed by atoms with E-state index in [9.17, 15) is 5.11 Å². The van der Waals surface area contributed by atoms with E-state index in [-0.39, 0.29) is 5.41 Å². The molecule has 0 aromatic carbocycles. The smallest absolute Gasteiger partial charge is 0.0888 e. The van der Waals surface area contributed by atoms with Crippen LogP contribution < -0.4 is 5.73 Å². The van der Waals surface area contributed by atoms with Gasteiger partial charge in [0.25, 0.3) is 0 Å². The topological polar surface area (TPSA) is 64.1 Å². The van der Waals surface area contributed by atoms with Gasteiger partial charge in [0.15, 0.2) is 0 Å². The summed E-state index contributed by atoms with van der Waals surface area (Å²) in [6.45, 7) is 7.00. The SMILES string of the molecule is CCCC1CCC(CN)(C(O)c2cnn(C(C)C)c2)CC1. The van der Waals surface area contributed by atoms with Gasteiger partial charge in [-0.2, -0.15) is 5.10 Å². The minimum absolute atomic E-state index is 0.158. The van der Waals surface area contributed by atoms with E-state index in [2.05, 4.69) is 25.9 Å². The van der Waals surface area contributed by atoms with Gasteiger partial charge in [0.1, 0.15) is 0 Å². The lowest BCUT2D eigenvalue weighted by molar-refractivity contribution is -0.0109. The molecule has 4 heteroatoms. The maximum atomic E-state index is 10.9. The van der Waals surface area contributed by atoms with Gasteiger partial charge in [-0.3, -0.25) is 4.68 Å². The van der Waals surface area contributed by atoms with Crippen LogP contribution in [0.4, 0.5) is 0 Å². The highest BCUT2D eigenvalue weighted by Crippen LogP contribution is 2.47. The molecule has 2 rings (SSSR count). The first kappa shape index (κ1) is 16.5. The molecule has 0 aliphatic heterocycles. The van der Waals surface area contributed by atoms with Gasteiger partial charge < -0.3 is 10.8 Å². The molecule has 21 heavy (non-hydrogen) atoms. The van der Waals surface area contributed by atoms with Crippen molar-refractivity contribution in [3.8, 4) is 0 Å². The van der Waals surface area contributed by atoms with Crippen LogP contribution in [-0.4, -0.2) is 21.4 Å². The first-order chi connectivity index (χ1) is 10.0. The Morgan fingerprint density at radius 3 is 2.57 bits per heavy atom. The lowest BCUT2D eigenvalue weighted by atomic mass is 9.65. The maximum absolute atomic E-state index is 10.9.